The summed E-state index contributed by atoms with van der Waals surface area (Å²) in [4.78, 5) is 0. The molecule has 0 heterocycles. The lowest BCUT2D eigenvalue weighted by molar-refractivity contribution is 0.306. The first kappa shape index (κ1) is 12.5. The van der Waals surface area contributed by atoms with E-state index in [0.29, 0.717) is 18.0 Å². The number of hydrogen-bond donors (Lipinski definition) is 2. The van der Waals surface area contributed by atoms with Crippen LogP contribution in [0.15, 0.2) is 0 Å². The zero-order chi connectivity index (χ0) is 10.5. The molecule has 0 saturated carbocycles. The normalized spacial score (nSPS) is 16.3. The van der Waals surface area contributed by atoms with Crippen LogP contribution in [0, 0.1) is 17.8 Å². The summed E-state index contributed by atoms with van der Waals surface area (Å²) in [5.41, 5.74) is 5.95. The van der Waals surface area contributed by atoms with Crippen molar-refractivity contribution in [2.45, 2.75) is 46.2 Å². The Bertz CT molecular complexity index is 174. The van der Waals surface area contributed by atoms with E-state index in [9.17, 15) is 0 Å². The van der Waals surface area contributed by atoms with Crippen LogP contribution in [-0.2, 0) is 0 Å². The van der Waals surface area contributed by atoms with Crippen LogP contribution in [0.4, 0.5) is 0 Å². The summed E-state index contributed by atoms with van der Waals surface area (Å²) < 4.78 is 0. The first-order valence-corrected chi connectivity index (χ1v) is 4.81. The molecule has 0 saturated heterocycles. The van der Waals surface area contributed by atoms with Crippen molar-refractivity contribution >= 4 is 0 Å². The second-order valence-corrected chi connectivity index (χ2v) is 4.75. The summed E-state index contributed by atoms with van der Waals surface area (Å²) in [6, 6.07) is 0.432. The van der Waals surface area contributed by atoms with Gasteiger partial charge in [-0.25, -0.2) is 0 Å². The minimum Gasteiger partial charge on any atom is -0.329 e. The predicted molar refractivity (Wildman–Crippen MR) is 58.3 cm³/mol. The van der Waals surface area contributed by atoms with Crippen LogP contribution in [-0.4, -0.2) is 18.6 Å². The van der Waals surface area contributed by atoms with Gasteiger partial charge in [-0.15, -0.1) is 6.42 Å². The van der Waals surface area contributed by atoms with E-state index in [0.717, 1.165) is 6.42 Å². The van der Waals surface area contributed by atoms with Crippen LogP contribution in [0.25, 0.3) is 0 Å². The van der Waals surface area contributed by atoms with Crippen LogP contribution >= 0.6 is 0 Å². The zero-order valence-electron chi connectivity index (χ0n) is 9.22. The molecular formula is C11H22N2. The molecule has 0 aliphatic heterocycles. The molecule has 0 fully saturated rings. The molecule has 0 radical (unpaired) electrons. The minimum atomic E-state index is 0.107. The van der Waals surface area contributed by atoms with Crippen molar-refractivity contribution in [2.75, 3.05) is 6.54 Å². The monoisotopic (exact) mass is 182 g/mol. The van der Waals surface area contributed by atoms with E-state index in [-0.39, 0.29) is 6.04 Å². The molecule has 0 aromatic carbocycles. The van der Waals surface area contributed by atoms with Crippen molar-refractivity contribution in [3.63, 3.8) is 0 Å². The Balaban J connectivity index is 3.99. The molecule has 0 spiro atoms. The molecule has 0 bridgehead atoms. The maximum atomic E-state index is 5.65. The summed E-state index contributed by atoms with van der Waals surface area (Å²) in [7, 11) is 0. The van der Waals surface area contributed by atoms with Gasteiger partial charge < -0.3 is 5.73 Å². The van der Waals surface area contributed by atoms with E-state index in [4.69, 9.17) is 12.2 Å². The number of nitrogens with one attached hydrogen (secondary N) is 1. The molecule has 13 heavy (non-hydrogen) atoms. The van der Waals surface area contributed by atoms with E-state index in [1.54, 1.807) is 0 Å². The summed E-state index contributed by atoms with van der Waals surface area (Å²) in [5, 5.41) is 3.31. The highest BCUT2D eigenvalue weighted by atomic mass is 15.0. The topological polar surface area (TPSA) is 38.0 Å². The van der Waals surface area contributed by atoms with Gasteiger partial charge in [0.05, 0.1) is 6.04 Å². The summed E-state index contributed by atoms with van der Waals surface area (Å²) in [6.45, 7) is 9.24. The predicted octanol–water partition coefficient (Wildman–Crippen LogP) is 1.36. The van der Waals surface area contributed by atoms with Gasteiger partial charge in [0, 0.05) is 12.6 Å². The van der Waals surface area contributed by atoms with Gasteiger partial charge in [0.25, 0.3) is 0 Å². The Morgan fingerprint density at radius 2 is 2.00 bits per heavy atom. The second kappa shape index (κ2) is 5.26. The van der Waals surface area contributed by atoms with Gasteiger partial charge in [0.2, 0.25) is 0 Å². The first-order chi connectivity index (χ1) is 5.89. The van der Waals surface area contributed by atoms with E-state index in [1.807, 2.05) is 6.92 Å². The van der Waals surface area contributed by atoms with E-state index in [1.165, 1.54) is 0 Å². The van der Waals surface area contributed by atoms with Gasteiger partial charge >= 0.3 is 0 Å². The zero-order valence-corrected chi connectivity index (χ0v) is 9.22. The Morgan fingerprint density at radius 3 is 2.31 bits per heavy atom. The van der Waals surface area contributed by atoms with Crippen LogP contribution < -0.4 is 11.1 Å². The number of rotatable bonds is 4. The molecular weight excluding hydrogens is 160 g/mol. The molecule has 0 aromatic rings. The molecule has 76 valence electrons. The van der Waals surface area contributed by atoms with Crippen LogP contribution in [0.1, 0.15) is 34.1 Å². The van der Waals surface area contributed by atoms with Gasteiger partial charge in [-0.05, 0) is 18.8 Å². The molecule has 2 atom stereocenters. The third-order valence-electron chi connectivity index (χ3n) is 1.88. The lowest BCUT2D eigenvalue weighted by Crippen LogP contribution is -2.43. The van der Waals surface area contributed by atoms with Gasteiger partial charge in [-0.2, -0.15) is 0 Å². The lowest BCUT2D eigenvalue weighted by atomic mass is 9.88. The number of nitrogens with two attached hydrogens (primary N) is 1. The molecule has 0 rings (SSSR count). The van der Waals surface area contributed by atoms with E-state index >= 15 is 0 Å². The van der Waals surface area contributed by atoms with E-state index < -0.39 is 0 Å². The van der Waals surface area contributed by atoms with Crippen molar-refractivity contribution in [3.8, 4) is 12.3 Å². The van der Waals surface area contributed by atoms with Crippen LogP contribution in [0.2, 0.25) is 0 Å². The fourth-order valence-electron chi connectivity index (χ4n) is 1.35. The molecule has 0 aliphatic rings. The molecule has 2 unspecified atom stereocenters. The van der Waals surface area contributed by atoms with Gasteiger partial charge in [-0.3, -0.25) is 5.32 Å². The molecule has 0 aromatic heterocycles. The fraction of sp³-hybridized carbons (Fsp3) is 0.818. The highest BCUT2D eigenvalue weighted by Crippen LogP contribution is 2.20. The molecule has 0 aliphatic carbocycles. The quantitative estimate of drug-likeness (QED) is 0.644. The molecule has 2 nitrogen and oxygen atoms in total. The Morgan fingerprint density at radius 1 is 1.46 bits per heavy atom. The van der Waals surface area contributed by atoms with Gasteiger partial charge in [-0.1, -0.05) is 26.7 Å². The van der Waals surface area contributed by atoms with Gasteiger partial charge in [0.15, 0.2) is 0 Å². The van der Waals surface area contributed by atoms with Crippen LogP contribution in [0.5, 0.6) is 0 Å². The largest absolute Gasteiger partial charge is 0.329 e. The van der Waals surface area contributed by atoms with Gasteiger partial charge in [0.1, 0.15) is 0 Å². The number of terminal acetylenes is 1. The highest BCUT2D eigenvalue weighted by Gasteiger charge is 2.18. The summed E-state index contributed by atoms with van der Waals surface area (Å²) in [5.74, 6) is 2.65. The average Bonchev–Trinajstić information content (AvgIpc) is 2.00. The Kier molecular flexibility index (Phi) is 5.05. The highest BCUT2D eigenvalue weighted by molar-refractivity contribution is 4.97. The molecule has 3 N–H and O–H groups in total. The Hall–Kier alpha value is -0.520. The second-order valence-electron chi connectivity index (χ2n) is 4.75. The van der Waals surface area contributed by atoms with Crippen molar-refractivity contribution in [1.29, 1.82) is 0 Å². The van der Waals surface area contributed by atoms with Crippen molar-refractivity contribution in [2.24, 2.45) is 11.1 Å². The lowest BCUT2D eigenvalue weighted by Gasteiger charge is -2.27. The van der Waals surface area contributed by atoms with Crippen LogP contribution in [0.3, 0.4) is 0 Å². The standard InChI is InChI=1S/C11H22N2/c1-6-9(2)13-10(8-12)7-11(3,4)5/h1,9-10,13H,7-8,12H2,2-5H3. The summed E-state index contributed by atoms with van der Waals surface area (Å²) >= 11 is 0. The maximum Gasteiger partial charge on any atom is 0.0660 e. The third kappa shape index (κ3) is 6.62. The fourth-order valence-corrected chi connectivity index (χ4v) is 1.35. The first-order valence-electron chi connectivity index (χ1n) is 4.81. The van der Waals surface area contributed by atoms with Crippen molar-refractivity contribution < 1.29 is 0 Å². The van der Waals surface area contributed by atoms with E-state index in [2.05, 4.69) is 32.0 Å². The molecule has 0 amide bonds. The van der Waals surface area contributed by atoms with Crippen molar-refractivity contribution in [1.82, 2.24) is 5.32 Å². The third-order valence-corrected chi connectivity index (χ3v) is 1.88. The maximum absolute atomic E-state index is 5.65. The smallest absolute Gasteiger partial charge is 0.0660 e. The summed E-state index contributed by atoms with van der Waals surface area (Å²) in [6.07, 6.45) is 6.34. The SMILES string of the molecule is C#CC(C)NC(CN)CC(C)(C)C. The molecule has 2 heteroatoms. The Labute approximate surface area is 82.3 Å². The average molecular weight is 182 g/mol. The minimum absolute atomic E-state index is 0.107. The number of hydrogen-bond acceptors (Lipinski definition) is 2. The van der Waals surface area contributed by atoms with Crippen molar-refractivity contribution in [3.05, 3.63) is 0 Å².